The summed E-state index contributed by atoms with van der Waals surface area (Å²) in [5.41, 5.74) is 3.01. The van der Waals surface area contributed by atoms with Crippen LogP contribution in [0.25, 0.3) is 27.4 Å². The fourth-order valence-electron chi connectivity index (χ4n) is 3.18. The Morgan fingerprint density at radius 2 is 1.78 bits per heavy atom. The normalized spacial score (nSPS) is 11.2. The Hall–Kier alpha value is -2.94. The largest absolute Gasteiger partial charge is 0.506 e. The van der Waals surface area contributed by atoms with Gasteiger partial charge in [0.05, 0.1) is 18.3 Å². The van der Waals surface area contributed by atoms with E-state index in [1.54, 1.807) is 13.2 Å². The van der Waals surface area contributed by atoms with Gasteiger partial charge < -0.3 is 14.4 Å². The van der Waals surface area contributed by atoms with E-state index in [-0.39, 0.29) is 5.75 Å². The number of fused-ring (bicyclic) bond motifs is 2. The Morgan fingerprint density at radius 1 is 0.957 bits per heavy atom. The number of aromatic hydroxyl groups is 1. The second kappa shape index (κ2) is 5.06. The molecular weight excluding hydrogens is 286 g/mol. The van der Waals surface area contributed by atoms with Gasteiger partial charge in [-0.05, 0) is 42.1 Å². The molecule has 0 saturated carbocycles. The highest BCUT2D eigenvalue weighted by atomic mass is 16.5. The van der Waals surface area contributed by atoms with E-state index in [0.29, 0.717) is 0 Å². The van der Waals surface area contributed by atoms with Gasteiger partial charge in [0.2, 0.25) is 0 Å². The van der Waals surface area contributed by atoms with Gasteiger partial charge in [0.25, 0.3) is 0 Å². The highest BCUT2D eigenvalue weighted by Crippen LogP contribution is 2.35. The molecule has 0 aliphatic carbocycles. The van der Waals surface area contributed by atoms with Crippen LogP contribution < -0.4 is 4.74 Å². The third-order valence-electron chi connectivity index (χ3n) is 4.33. The Bertz CT molecular complexity index is 1030. The molecule has 3 nitrogen and oxygen atoms in total. The number of rotatable bonds is 2. The van der Waals surface area contributed by atoms with Gasteiger partial charge in [-0.3, -0.25) is 0 Å². The number of aryl methyl sites for hydroxylation is 1. The van der Waals surface area contributed by atoms with Gasteiger partial charge in [-0.2, -0.15) is 0 Å². The topological polar surface area (TPSA) is 34.4 Å². The zero-order valence-electron chi connectivity index (χ0n) is 13.1. The third-order valence-corrected chi connectivity index (χ3v) is 4.33. The van der Waals surface area contributed by atoms with Crippen LogP contribution >= 0.6 is 0 Å². The maximum Gasteiger partial charge on any atom is 0.140 e. The van der Waals surface area contributed by atoms with E-state index < -0.39 is 0 Å². The van der Waals surface area contributed by atoms with E-state index in [9.17, 15) is 5.11 Å². The maximum atomic E-state index is 10.5. The van der Waals surface area contributed by atoms with Crippen LogP contribution in [0.3, 0.4) is 0 Å². The average molecular weight is 303 g/mol. The summed E-state index contributed by atoms with van der Waals surface area (Å²) < 4.78 is 7.38. The molecular formula is C20H17NO2. The number of aromatic nitrogens is 1. The van der Waals surface area contributed by atoms with Gasteiger partial charge >= 0.3 is 0 Å². The number of hydrogen-bond acceptors (Lipinski definition) is 2. The minimum Gasteiger partial charge on any atom is -0.506 e. The molecule has 4 aromatic rings. The van der Waals surface area contributed by atoms with E-state index in [2.05, 4.69) is 23.8 Å². The van der Waals surface area contributed by atoms with Crippen molar-refractivity contribution < 1.29 is 9.84 Å². The summed E-state index contributed by atoms with van der Waals surface area (Å²) in [6.07, 6.45) is 2.06. The summed E-state index contributed by atoms with van der Waals surface area (Å²) in [7, 11) is 1.67. The van der Waals surface area contributed by atoms with Crippen LogP contribution in [0.2, 0.25) is 0 Å². The van der Waals surface area contributed by atoms with Crippen molar-refractivity contribution in [3.63, 3.8) is 0 Å². The SMILES string of the molecule is COc1ccc2c(c1)c(C)cn2-c1c(O)ccc2ccccc12. The summed E-state index contributed by atoms with van der Waals surface area (Å²) >= 11 is 0. The zero-order chi connectivity index (χ0) is 16.0. The second-order valence-corrected chi connectivity index (χ2v) is 5.72. The molecule has 0 unspecified atom stereocenters. The summed E-state index contributed by atoms with van der Waals surface area (Å²) in [5, 5.41) is 13.7. The molecule has 0 aliphatic rings. The molecule has 0 aliphatic heterocycles. The third kappa shape index (κ3) is 2.05. The number of ether oxygens (including phenoxy) is 1. The van der Waals surface area contributed by atoms with Crippen LogP contribution in [0.4, 0.5) is 0 Å². The number of benzene rings is 3. The highest BCUT2D eigenvalue weighted by Gasteiger charge is 2.14. The average Bonchev–Trinajstić information content (AvgIpc) is 2.90. The second-order valence-electron chi connectivity index (χ2n) is 5.72. The quantitative estimate of drug-likeness (QED) is 0.577. The van der Waals surface area contributed by atoms with Crippen molar-refractivity contribution in [1.82, 2.24) is 4.57 Å². The van der Waals surface area contributed by atoms with Gasteiger partial charge in [0.1, 0.15) is 11.5 Å². The highest BCUT2D eigenvalue weighted by molar-refractivity contribution is 5.96. The van der Waals surface area contributed by atoms with Crippen LogP contribution in [-0.4, -0.2) is 16.8 Å². The molecule has 23 heavy (non-hydrogen) atoms. The van der Waals surface area contributed by atoms with Crippen molar-refractivity contribution in [3.05, 3.63) is 66.4 Å². The minimum atomic E-state index is 0.274. The van der Waals surface area contributed by atoms with Crippen molar-refractivity contribution in [2.45, 2.75) is 6.92 Å². The molecule has 0 fully saturated rings. The molecule has 3 heteroatoms. The first-order valence-electron chi connectivity index (χ1n) is 7.56. The number of nitrogens with zero attached hydrogens (tertiary/aromatic N) is 1. The van der Waals surface area contributed by atoms with Crippen LogP contribution in [0.5, 0.6) is 11.5 Å². The van der Waals surface area contributed by atoms with Crippen molar-refractivity contribution in [3.8, 4) is 17.2 Å². The number of phenols is 1. The number of methoxy groups -OCH3 is 1. The Morgan fingerprint density at radius 3 is 2.61 bits per heavy atom. The summed E-state index contributed by atoms with van der Waals surface area (Å²) in [5.74, 6) is 1.11. The van der Waals surface area contributed by atoms with Gasteiger partial charge in [-0.15, -0.1) is 0 Å². The van der Waals surface area contributed by atoms with Gasteiger partial charge in [-0.25, -0.2) is 0 Å². The van der Waals surface area contributed by atoms with E-state index >= 15 is 0 Å². The molecule has 1 aromatic heterocycles. The van der Waals surface area contributed by atoms with Crippen LogP contribution in [-0.2, 0) is 0 Å². The van der Waals surface area contributed by atoms with Gasteiger partial charge in [0, 0.05) is 17.0 Å². The van der Waals surface area contributed by atoms with Crippen LogP contribution in [0.1, 0.15) is 5.56 Å². The van der Waals surface area contributed by atoms with Crippen molar-refractivity contribution in [1.29, 1.82) is 0 Å². The van der Waals surface area contributed by atoms with Crippen molar-refractivity contribution in [2.24, 2.45) is 0 Å². The first kappa shape index (κ1) is 13.7. The van der Waals surface area contributed by atoms with Crippen LogP contribution in [0.15, 0.2) is 60.8 Å². The Kier molecular flexibility index (Phi) is 3.01. The van der Waals surface area contributed by atoms with E-state index in [0.717, 1.165) is 38.7 Å². The standard InChI is InChI=1S/C20H17NO2/c1-13-12-21(18-9-8-15(23-2)11-17(13)18)20-16-6-4-3-5-14(16)7-10-19(20)22/h3-12,22H,1-2H3. The maximum absolute atomic E-state index is 10.5. The molecule has 0 amide bonds. The lowest BCUT2D eigenvalue weighted by molar-refractivity contribution is 0.415. The molecule has 3 aromatic carbocycles. The first-order chi connectivity index (χ1) is 11.2. The molecule has 0 bridgehead atoms. The Labute approximate surface area is 134 Å². The lowest BCUT2D eigenvalue weighted by Crippen LogP contribution is -1.94. The summed E-state index contributed by atoms with van der Waals surface area (Å²) in [4.78, 5) is 0. The summed E-state index contributed by atoms with van der Waals surface area (Å²) in [6.45, 7) is 2.07. The van der Waals surface area contributed by atoms with E-state index in [4.69, 9.17) is 4.74 Å². The molecule has 4 rings (SSSR count). The smallest absolute Gasteiger partial charge is 0.140 e. The van der Waals surface area contributed by atoms with Crippen LogP contribution in [0, 0.1) is 6.92 Å². The summed E-state index contributed by atoms with van der Waals surface area (Å²) in [6, 6.07) is 17.8. The predicted octanol–water partition coefficient (Wildman–Crippen LogP) is 4.81. The van der Waals surface area contributed by atoms with Gasteiger partial charge in [0.15, 0.2) is 0 Å². The van der Waals surface area contributed by atoms with Gasteiger partial charge in [-0.1, -0.05) is 30.3 Å². The predicted molar refractivity (Wildman–Crippen MR) is 93.7 cm³/mol. The molecule has 0 atom stereocenters. The zero-order valence-corrected chi connectivity index (χ0v) is 13.1. The molecule has 1 N–H and O–H groups in total. The monoisotopic (exact) mass is 303 g/mol. The molecule has 1 heterocycles. The van der Waals surface area contributed by atoms with Crippen molar-refractivity contribution in [2.75, 3.05) is 7.11 Å². The number of hydrogen-bond donors (Lipinski definition) is 1. The van der Waals surface area contributed by atoms with E-state index in [1.807, 2.05) is 42.5 Å². The number of phenolic OH excluding ortho intramolecular Hbond substituents is 1. The molecule has 0 spiro atoms. The molecule has 0 radical (unpaired) electrons. The molecule has 114 valence electrons. The first-order valence-corrected chi connectivity index (χ1v) is 7.56. The Balaban J connectivity index is 2.09. The van der Waals surface area contributed by atoms with Crippen molar-refractivity contribution >= 4 is 21.7 Å². The molecule has 0 saturated heterocycles. The lowest BCUT2D eigenvalue weighted by Gasteiger charge is -2.12. The fourth-order valence-corrected chi connectivity index (χ4v) is 3.18. The minimum absolute atomic E-state index is 0.274. The lowest BCUT2D eigenvalue weighted by atomic mass is 10.1. The fraction of sp³-hybridized carbons (Fsp3) is 0.100. The van der Waals surface area contributed by atoms with E-state index in [1.165, 1.54) is 0 Å².